The predicted octanol–water partition coefficient (Wildman–Crippen LogP) is 3.60. The smallest absolute Gasteiger partial charge is 0.282 e. The molecule has 0 bridgehead atoms. The molecule has 0 spiro atoms. The lowest BCUT2D eigenvalue weighted by Gasteiger charge is -2.12. The summed E-state index contributed by atoms with van der Waals surface area (Å²) in [6.45, 7) is 3.81. The normalized spacial score (nSPS) is 18.2. The lowest BCUT2D eigenvalue weighted by atomic mass is 10.3. The maximum atomic E-state index is 12.6. The van der Waals surface area contributed by atoms with Gasteiger partial charge in [0.2, 0.25) is 0 Å². The largest absolute Gasteiger partial charge is 0.284 e. The summed E-state index contributed by atoms with van der Waals surface area (Å²) >= 11 is 2.55. The summed E-state index contributed by atoms with van der Waals surface area (Å²) in [6, 6.07) is 11.7. The molecule has 0 saturated carbocycles. The second kappa shape index (κ2) is 7.38. The summed E-state index contributed by atoms with van der Waals surface area (Å²) in [6.07, 6.45) is 3.28. The molecule has 1 aromatic carbocycles. The molecule has 0 atom stereocenters. The molecule has 1 aromatic heterocycles. The molecule has 0 radical (unpaired) electrons. The first-order valence-electron chi connectivity index (χ1n) is 7.27. The number of hydrogen-bond acceptors (Lipinski definition) is 5. The van der Waals surface area contributed by atoms with E-state index in [1.165, 1.54) is 34.4 Å². The van der Waals surface area contributed by atoms with Crippen LogP contribution in [0.5, 0.6) is 0 Å². The van der Waals surface area contributed by atoms with E-state index in [0.717, 1.165) is 16.6 Å². The fourth-order valence-electron chi connectivity index (χ4n) is 2.12. The van der Waals surface area contributed by atoms with Crippen molar-refractivity contribution in [3.05, 3.63) is 70.3 Å². The quantitative estimate of drug-likeness (QED) is 0.578. The maximum Gasteiger partial charge on any atom is 0.284 e. The van der Waals surface area contributed by atoms with E-state index < -0.39 is 10.0 Å². The zero-order valence-corrected chi connectivity index (χ0v) is 15.5. The standard InChI is InChI=1S/C17H14N2O3S3/c1-2-10-19-16(20)15(12-13-7-6-11-23-13)24-17(19)18-25(21,22)14-8-4-3-5-9-14/h2-9,11-12H,1,10H2. The van der Waals surface area contributed by atoms with Crippen LogP contribution in [0.2, 0.25) is 0 Å². The number of thioether (sulfide) groups is 1. The van der Waals surface area contributed by atoms with Gasteiger partial charge in [-0.15, -0.1) is 22.3 Å². The molecule has 2 aromatic rings. The van der Waals surface area contributed by atoms with Crippen LogP contribution in [0, 0.1) is 0 Å². The van der Waals surface area contributed by atoms with Gasteiger partial charge in [-0.2, -0.15) is 8.42 Å². The fourth-order valence-corrected chi connectivity index (χ4v) is 5.05. The van der Waals surface area contributed by atoms with E-state index in [0.29, 0.717) is 4.91 Å². The van der Waals surface area contributed by atoms with Gasteiger partial charge in [-0.1, -0.05) is 30.3 Å². The molecular weight excluding hydrogens is 376 g/mol. The van der Waals surface area contributed by atoms with E-state index in [1.54, 1.807) is 24.3 Å². The highest BCUT2D eigenvalue weighted by Crippen LogP contribution is 2.34. The van der Waals surface area contributed by atoms with Gasteiger partial charge in [0, 0.05) is 11.4 Å². The van der Waals surface area contributed by atoms with Gasteiger partial charge in [0.05, 0.1) is 9.80 Å². The summed E-state index contributed by atoms with van der Waals surface area (Å²) in [5, 5.41) is 2.05. The number of rotatable bonds is 5. The third-order valence-electron chi connectivity index (χ3n) is 3.26. The van der Waals surface area contributed by atoms with Crippen LogP contribution in [0.4, 0.5) is 0 Å². The molecular formula is C17H14N2O3S3. The van der Waals surface area contributed by atoms with Gasteiger partial charge >= 0.3 is 0 Å². The molecule has 1 fully saturated rings. The summed E-state index contributed by atoms with van der Waals surface area (Å²) in [5.41, 5.74) is 0. The molecule has 2 heterocycles. The maximum absolute atomic E-state index is 12.6. The van der Waals surface area contributed by atoms with Crippen molar-refractivity contribution in [3.63, 3.8) is 0 Å². The van der Waals surface area contributed by atoms with Crippen LogP contribution < -0.4 is 0 Å². The molecule has 128 valence electrons. The SMILES string of the molecule is C=CCN1C(=O)C(=Cc2cccs2)SC1=NS(=O)(=O)c1ccccc1. The molecule has 0 N–H and O–H groups in total. The highest BCUT2D eigenvalue weighted by atomic mass is 32.2. The molecule has 1 aliphatic rings. The van der Waals surface area contributed by atoms with Crippen molar-refractivity contribution in [3.8, 4) is 0 Å². The Morgan fingerprint density at radius 3 is 2.56 bits per heavy atom. The first kappa shape index (κ1) is 17.7. The Morgan fingerprint density at radius 2 is 1.92 bits per heavy atom. The Morgan fingerprint density at radius 1 is 1.16 bits per heavy atom. The van der Waals surface area contributed by atoms with Crippen molar-refractivity contribution in [1.82, 2.24) is 4.90 Å². The zero-order valence-electron chi connectivity index (χ0n) is 13.0. The summed E-state index contributed by atoms with van der Waals surface area (Å²) in [4.78, 5) is 15.3. The molecule has 1 saturated heterocycles. The van der Waals surface area contributed by atoms with Crippen LogP contribution in [0.3, 0.4) is 0 Å². The van der Waals surface area contributed by atoms with Gasteiger partial charge in [-0.3, -0.25) is 9.69 Å². The predicted molar refractivity (Wildman–Crippen MR) is 103 cm³/mol. The average Bonchev–Trinajstić information content (AvgIpc) is 3.20. The van der Waals surface area contributed by atoms with E-state index >= 15 is 0 Å². The minimum atomic E-state index is -3.89. The van der Waals surface area contributed by atoms with Crippen LogP contribution in [0.1, 0.15) is 4.88 Å². The number of nitrogens with zero attached hydrogens (tertiary/aromatic N) is 2. The third kappa shape index (κ3) is 3.92. The number of sulfonamides is 1. The fraction of sp³-hybridized carbons (Fsp3) is 0.0588. The van der Waals surface area contributed by atoms with E-state index in [9.17, 15) is 13.2 Å². The molecule has 25 heavy (non-hydrogen) atoms. The van der Waals surface area contributed by atoms with Crippen LogP contribution in [0.25, 0.3) is 6.08 Å². The lowest BCUT2D eigenvalue weighted by molar-refractivity contribution is -0.121. The van der Waals surface area contributed by atoms with Crippen LogP contribution >= 0.6 is 23.1 Å². The van der Waals surface area contributed by atoms with Gasteiger partial charge < -0.3 is 0 Å². The zero-order chi connectivity index (χ0) is 17.9. The summed E-state index contributed by atoms with van der Waals surface area (Å²) in [7, 11) is -3.89. The minimum Gasteiger partial charge on any atom is -0.282 e. The van der Waals surface area contributed by atoms with Crippen molar-refractivity contribution >= 4 is 50.3 Å². The van der Waals surface area contributed by atoms with Crippen molar-refractivity contribution in [2.24, 2.45) is 4.40 Å². The van der Waals surface area contributed by atoms with Gasteiger partial charge in [-0.05, 0) is 41.4 Å². The van der Waals surface area contributed by atoms with E-state index in [4.69, 9.17) is 0 Å². The second-order valence-corrected chi connectivity index (χ2v) is 8.58. The first-order chi connectivity index (χ1) is 12.0. The van der Waals surface area contributed by atoms with E-state index in [1.807, 2.05) is 17.5 Å². The van der Waals surface area contributed by atoms with Crippen LogP contribution in [-0.4, -0.2) is 30.9 Å². The van der Waals surface area contributed by atoms with Crippen molar-refractivity contribution < 1.29 is 13.2 Å². The molecule has 0 aliphatic carbocycles. The average molecular weight is 391 g/mol. The number of carbonyl (C=O) groups is 1. The Kier molecular flexibility index (Phi) is 5.22. The van der Waals surface area contributed by atoms with E-state index in [2.05, 4.69) is 11.0 Å². The van der Waals surface area contributed by atoms with Gasteiger partial charge in [0.1, 0.15) is 0 Å². The third-order valence-corrected chi connectivity index (χ3v) is 6.48. The summed E-state index contributed by atoms with van der Waals surface area (Å²) < 4.78 is 28.9. The highest BCUT2D eigenvalue weighted by Gasteiger charge is 2.34. The Labute approximate surface area is 154 Å². The Hall–Kier alpha value is -2.16. The first-order valence-corrected chi connectivity index (χ1v) is 10.4. The number of thiophene rings is 1. The number of amidine groups is 1. The van der Waals surface area contributed by atoms with Crippen molar-refractivity contribution in [2.45, 2.75) is 4.90 Å². The molecule has 1 aliphatic heterocycles. The van der Waals surface area contributed by atoms with E-state index in [-0.39, 0.29) is 22.5 Å². The number of amides is 1. The number of carbonyl (C=O) groups excluding carboxylic acids is 1. The molecule has 0 unspecified atom stereocenters. The molecule has 5 nitrogen and oxygen atoms in total. The minimum absolute atomic E-state index is 0.0878. The molecule has 8 heteroatoms. The monoisotopic (exact) mass is 390 g/mol. The highest BCUT2D eigenvalue weighted by molar-refractivity contribution is 8.19. The van der Waals surface area contributed by atoms with Gasteiger partial charge in [0.15, 0.2) is 5.17 Å². The second-order valence-electron chi connectivity index (χ2n) is 4.99. The Bertz CT molecular complexity index is 946. The van der Waals surface area contributed by atoms with Crippen molar-refractivity contribution in [1.29, 1.82) is 0 Å². The topological polar surface area (TPSA) is 66.8 Å². The molecule has 3 rings (SSSR count). The Balaban J connectivity index is 1.99. The summed E-state index contributed by atoms with van der Waals surface area (Å²) in [5.74, 6) is -0.277. The molecule has 1 amide bonds. The lowest BCUT2D eigenvalue weighted by Crippen LogP contribution is -2.29. The number of benzene rings is 1. The van der Waals surface area contributed by atoms with Crippen molar-refractivity contribution in [2.75, 3.05) is 6.54 Å². The van der Waals surface area contributed by atoms with Crippen LogP contribution in [0.15, 0.2) is 74.7 Å². The van der Waals surface area contributed by atoms with Gasteiger partial charge in [0.25, 0.3) is 15.9 Å². The van der Waals surface area contributed by atoms with Gasteiger partial charge in [-0.25, -0.2) is 0 Å². The number of hydrogen-bond donors (Lipinski definition) is 0. The van der Waals surface area contributed by atoms with Crippen LogP contribution in [-0.2, 0) is 14.8 Å².